The molecule has 1 N–H and O–H groups in total. The van der Waals surface area contributed by atoms with Crippen LogP contribution in [0.3, 0.4) is 0 Å². The second-order valence-corrected chi connectivity index (χ2v) is 7.00. The fourth-order valence-corrected chi connectivity index (χ4v) is 3.66. The lowest BCUT2D eigenvalue weighted by molar-refractivity contribution is -0.117. The molecule has 3 aromatic rings. The highest BCUT2D eigenvalue weighted by atomic mass is 35.5. The molecule has 3 aromatic carbocycles. The second-order valence-electron chi connectivity index (χ2n) is 6.57. The Morgan fingerprint density at radius 3 is 2.28 bits per heavy atom. The average molecular weight is 410 g/mol. The van der Waals surface area contributed by atoms with Crippen molar-refractivity contribution in [1.82, 2.24) is 0 Å². The maximum Gasteiger partial charge on any atom is 0.294 e. The standard InChI is InChI=1S/C23H17ClFNO3/c1-29-17-12-6-14(7-13-17)20-21(18-4-2-3-5-19(18)25)26(23(28)22(20)27)16-10-8-15(24)9-11-16/h2-13,21,27H,1H3. The zero-order chi connectivity index (χ0) is 20.5. The van der Waals surface area contributed by atoms with E-state index in [1.165, 1.54) is 11.0 Å². The second kappa shape index (κ2) is 7.60. The number of carbonyl (C=O) groups is 1. The molecule has 0 bridgehead atoms. The number of carbonyl (C=O) groups excluding carboxylic acids is 1. The van der Waals surface area contributed by atoms with Crippen LogP contribution in [-0.2, 0) is 4.79 Å². The van der Waals surface area contributed by atoms with Gasteiger partial charge in [-0.15, -0.1) is 0 Å². The van der Waals surface area contributed by atoms with Crippen molar-refractivity contribution in [2.75, 3.05) is 12.0 Å². The number of aliphatic hydroxyl groups excluding tert-OH is 1. The normalized spacial score (nSPS) is 16.4. The van der Waals surface area contributed by atoms with Gasteiger partial charge in [0.25, 0.3) is 5.91 Å². The summed E-state index contributed by atoms with van der Waals surface area (Å²) in [5.74, 6) is -0.857. The molecule has 0 saturated heterocycles. The molecule has 6 heteroatoms. The predicted octanol–water partition coefficient (Wildman–Crippen LogP) is 5.54. The van der Waals surface area contributed by atoms with Crippen molar-refractivity contribution in [3.8, 4) is 5.75 Å². The Hall–Kier alpha value is -3.31. The zero-order valence-corrected chi connectivity index (χ0v) is 16.2. The van der Waals surface area contributed by atoms with Gasteiger partial charge < -0.3 is 9.84 Å². The summed E-state index contributed by atoms with van der Waals surface area (Å²) in [5, 5.41) is 11.3. The van der Waals surface area contributed by atoms with Crippen molar-refractivity contribution < 1.29 is 19.0 Å². The number of aliphatic hydroxyl groups is 1. The van der Waals surface area contributed by atoms with Gasteiger partial charge in [-0.1, -0.05) is 41.9 Å². The number of ether oxygens (including phenoxy) is 1. The van der Waals surface area contributed by atoms with Crippen LogP contribution in [0.1, 0.15) is 17.2 Å². The van der Waals surface area contributed by atoms with E-state index in [9.17, 15) is 14.3 Å². The van der Waals surface area contributed by atoms with Crippen LogP contribution >= 0.6 is 11.6 Å². The highest BCUT2D eigenvalue weighted by Gasteiger charge is 2.43. The Kier molecular flexibility index (Phi) is 4.99. The summed E-state index contributed by atoms with van der Waals surface area (Å²) < 4.78 is 20.0. The first-order valence-electron chi connectivity index (χ1n) is 8.92. The first-order valence-corrected chi connectivity index (χ1v) is 9.30. The number of hydrogen-bond donors (Lipinski definition) is 1. The molecule has 1 unspecified atom stereocenters. The van der Waals surface area contributed by atoms with Crippen LogP contribution in [0, 0.1) is 5.82 Å². The van der Waals surface area contributed by atoms with E-state index in [-0.39, 0.29) is 5.56 Å². The molecule has 1 atom stereocenters. The van der Waals surface area contributed by atoms with Gasteiger partial charge in [0.05, 0.1) is 13.2 Å². The van der Waals surface area contributed by atoms with Gasteiger partial charge in [-0.25, -0.2) is 4.39 Å². The molecule has 4 nitrogen and oxygen atoms in total. The molecule has 29 heavy (non-hydrogen) atoms. The summed E-state index contributed by atoms with van der Waals surface area (Å²) in [4.78, 5) is 14.4. The summed E-state index contributed by atoms with van der Waals surface area (Å²) in [6.07, 6.45) is 0. The molecule has 0 saturated carbocycles. The van der Waals surface area contributed by atoms with Crippen LogP contribution in [0.25, 0.3) is 5.57 Å². The number of rotatable bonds is 4. The fourth-order valence-electron chi connectivity index (χ4n) is 3.53. The third kappa shape index (κ3) is 3.34. The highest BCUT2D eigenvalue weighted by molar-refractivity contribution is 6.30. The average Bonchev–Trinajstić information content (AvgIpc) is 3.00. The highest BCUT2D eigenvalue weighted by Crippen LogP contribution is 2.46. The van der Waals surface area contributed by atoms with Gasteiger partial charge in [-0.05, 0) is 48.0 Å². The smallest absolute Gasteiger partial charge is 0.294 e. The van der Waals surface area contributed by atoms with E-state index in [0.717, 1.165) is 0 Å². The molecule has 0 aliphatic carbocycles. The molecule has 1 amide bonds. The summed E-state index contributed by atoms with van der Waals surface area (Å²) in [7, 11) is 1.55. The fraction of sp³-hybridized carbons (Fsp3) is 0.0870. The zero-order valence-electron chi connectivity index (χ0n) is 15.5. The van der Waals surface area contributed by atoms with E-state index in [2.05, 4.69) is 0 Å². The van der Waals surface area contributed by atoms with Gasteiger partial charge in [0, 0.05) is 21.8 Å². The molecule has 146 valence electrons. The Morgan fingerprint density at radius 1 is 1.00 bits per heavy atom. The van der Waals surface area contributed by atoms with Gasteiger partial charge in [-0.2, -0.15) is 0 Å². The molecule has 0 fully saturated rings. The minimum absolute atomic E-state index is 0.283. The number of hydrogen-bond acceptors (Lipinski definition) is 3. The lowest BCUT2D eigenvalue weighted by Gasteiger charge is -2.27. The number of nitrogens with zero attached hydrogens (tertiary/aromatic N) is 1. The first-order chi connectivity index (χ1) is 14.0. The van der Waals surface area contributed by atoms with Gasteiger partial charge in [0.15, 0.2) is 5.76 Å². The topological polar surface area (TPSA) is 49.8 Å². The molecule has 1 heterocycles. The van der Waals surface area contributed by atoms with Gasteiger partial charge >= 0.3 is 0 Å². The number of halogens is 2. The summed E-state index contributed by atoms with van der Waals surface area (Å²) >= 11 is 5.98. The van der Waals surface area contributed by atoms with Crippen LogP contribution in [0.15, 0.2) is 78.6 Å². The summed E-state index contributed by atoms with van der Waals surface area (Å²) in [5.41, 5.74) is 1.72. The number of anilines is 1. The van der Waals surface area contributed by atoms with Crippen LogP contribution in [0.5, 0.6) is 5.75 Å². The maximum atomic E-state index is 14.8. The largest absolute Gasteiger partial charge is 0.503 e. The quantitative estimate of drug-likeness (QED) is 0.615. The van der Waals surface area contributed by atoms with Crippen molar-refractivity contribution in [2.45, 2.75) is 6.04 Å². The van der Waals surface area contributed by atoms with Crippen molar-refractivity contribution >= 4 is 28.8 Å². The number of benzene rings is 3. The van der Waals surface area contributed by atoms with Crippen molar-refractivity contribution in [2.24, 2.45) is 0 Å². The van der Waals surface area contributed by atoms with E-state index in [4.69, 9.17) is 16.3 Å². The van der Waals surface area contributed by atoms with E-state index in [1.54, 1.807) is 73.8 Å². The van der Waals surface area contributed by atoms with Crippen molar-refractivity contribution in [3.05, 3.63) is 101 Å². The van der Waals surface area contributed by atoms with Gasteiger partial charge in [-0.3, -0.25) is 9.69 Å². The molecule has 0 aromatic heterocycles. The molecule has 4 rings (SSSR count). The minimum Gasteiger partial charge on any atom is -0.503 e. The number of methoxy groups -OCH3 is 1. The Bertz CT molecular complexity index is 1090. The minimum atomic E-state index is -0.835. The van der Waals surface area contributed by atoms with Gasteiger partial charge in [0.1, 0.15) is 11.6 Å². The summed E-state index contributed by atoms with van der Waals surface area (Å²) in [6, 6.07) is 18.9. The van der Waals surface area contributed by atoms with Crippen LogP contribution < -0.4 is 9.64 Å². The van der Waals surface area contributed by atoms with Crippen molar-refractivity contribution in [3.63, 3.8) is 0 Å². The Balaban J connectivity index is 1.91. The Labute approximate surface area is 172 Å². The van der Waals surface area contributed by atoms with E-state index in [1.807, 2.05) is 0 Å². The van der Waals surface area contributed by atoms with Gasteiger partial charge in [0.2, 0.25) is 0 Å². The van der Waals surface area contributed by atoms with E-state index in [0.29, 0.717) is 27.6 Å². The van der Waals surface area contributed by atoms with Crippen LogP contribution in [0.2, 0.25) is 5.02 Å². The molecule has 0 spiro atoms. The molecular formula is C23H17ClFNO3. The van der Waals surface area contributed by atoms with Crippen LogP contribution in [0.4, 0.5) is 10.1 Å². The maximum absolute atomic E-state index is 14.8. The lowest BCUT2D eigenvalue weighted by atomic mass is 9.93. The molecule has 0 radical (unpaired) electrons. The monoisotopic (exact) mass is 409 g/mol. The Morgan fingerprint density at radius 2 is 1.66 bits per heavy atom. The number of amides is 1. The molecule has 1 aliphatic heterocycles. The van der Waals surface area contributed by atoms with E-state index >= 15 is 0 Å². The third-order valence-corrected chi connectivity index (χ3v) is 5.17. The van der Waals surface area contributed by atoms with E-state index < -0.39 is 23.5 Å². The van der Waals surface area contributed by atoms with Crippen molar-refractivity contribution in [1.29, 1.82) is 0 Å². The predicted molar refractivity (Wildman–Crippen MR) is 111 cm³/mol. The van der Waals surface area contributed by atoms with Crippen LogP contribution in [-0.4, -0.2) is 18.1 Å². The molecular weight excluding hydrogens is 393 g/mol. The molecule has 1 aliphatic rings. The first kappa shape index (κ1) is 19.0. The SMILES string of the molecule is COc1ccc(C2=C(O)C(=O)N(c3ccc(Cl)cc3)C2c2ccccc2F)cc1. The lowest BCUT2D eigenvalue weighted by Crippen LogP contribution is -2.30. The third-order valence-electron chi connectivity index (χ3n) is 4.91. The summed E-state index contributed by atoms with van der Waals surface area (Å²) in [6.45, 7) is 0.